The van der Waals surface area contributed by atoms with Gasteiger partial charge < -0.3 is 16.0 Å². The van der Waals surface area contributed by atoms with Gasteiger partial charge in [-0.2, -0.15) is 0 Å². The van der Waals surface area contributed by atoms with Gasteiger partial charge >= 0.3 is 0 Å². The van der Waals surface area contributed by atoms with Crippen LogP contribution in [0.1, 0.15) is 30.8 Å². The number of nitrogens with zero attached hydrogens (tertiary/aromatic N) is 2. The van der Waals surface area contributed by atoms with E-state index in [1.165, 1.54) is 18.3 Å². The van der Waals surface area contributed by atoms with E-state index in [1.807, 2.05) is 11.8 Å². The maximum atomic E-state index is 12.3. The van der Waals surface area contributed by atoms with Crippen molar-refractivity contribution in [1.82, 2.24) is 9.88 Å². The molecule has 2 unspecified atom stereocenters. The van der Waals surface area contributed by atoms with Gasteiger partial charge in [0.05, 0.1) is 0 Å². The van der Waals surface area contributed by atoms with Gasteiger partial charge in [0, 0.05) is 24.9 Å². The second kappa shape index (κ2) is 8.53. The first-order valence-electron chi connectivity index (χ1n) is 6.25. The standard InChI is InChI=1S/C12H18N4O2S.2ClH/c1-7-3-9(4-13)5-16(7)11(18)10-6-19-12(15-10)14-8(2)17;;/h6-7,9H,3-5,13H2,1-2H3,(H,14,15,17);2*1H. The SMILES string of the molecule is CC(=O)Nc1nc(C(=O)N2CC(CN)CC2C)cs1.Cl.Cl. The normalized spacial score (nSPS) is 20.4. The molecule has 2 rings (SSSR count). The number of nitrogens with one attached hydrogen (secondary N) is 1. The van der Waals surface area contributed by atoms with Crippen LogP contribution in [0.3, 0.4) is 0 Å². The van der Waals surface area contributed by atoms with Crippen molar-refractivity contribution >= 4 is 53.1 Å². The fourth-order valence-corrected chi connectivity index (χ4v) is 3.05. The first-order valence-corrected chi connectivity index (χ1v) is 7.13. The summed E-state index contributed by atoms with van der Waals surface area (Å²) >= 11 is 1.26. The Kier molecular flexibility index (Phi) is 8.17. The zero-order valence-electron chi connectivity index (χ0n) is 11.9. The van der Waals surface area contributed by atoms with Crippen LogP contribution in [0, 0.1) is 5.92 Å². The van der Waals surface area contributed by atoms with E-state index in [0.717, 1.165) is 6.42 Å². The summed E-state index contributed by atoms with van der Waals surface area (Å²) in [5.41, 5.74) is 6.04. The molecule has 0 aliphatic carbocycles. The summed E-state index contributed by atoms with van der Waals surface area (Å²) < 4.78 is 0. The Morgan fingerprint density at radius 2 is 2.19 bits per heavy atom. The van der Waals surface area contributed by atoms with Gasteiger partial charge in [-0.3, -0.25) is 9.59 Å². The van der Waals surface area contributed by atoms with Crippen molar-refractivity contribution in [3.8, 4) is 0 Å². The molecule has 2 atom stereocenters. The maximum absolute atomic E-state index is 12.3. The number of hydrogen-bond donors (Lipinski definition) is 2. The maximum Gasteiger partial charge on any atom is 0.273 e. The molecule has 1 aliphatic rings. The quantitative estimate of drug-likeness (QED) is 0.865. The van der Waals surface area contributed by atoms with Crippen LogP contribution in [0.4, 0.5) is 5.13 Å². The number of nitrogens with two attached hydrogens (primary N) is 1. The molecule has 9 heteroatoms. The Balaban J connectivity index is 0.00000200. The summed E-state index contributed by atoms with van der Waals surface area (Å²) in [6.45, 7) is 4.72. The number of thiazole rings is 1. The number of carbonyl (C=O) groups excluding carboxylic acids is 2. The van der Waals surface area contributed by atoms with Gasteiger partial charge in [0.1, 0.15) is 5.69 Å². The van der Waals surface area contributed by atoms with Crippen LogP contribution >= 0.6 is 36.2 Å². The lowest BCUT2D eigenvalue weighted by atomic mass is 10.1. The van der Waals surface area contributed by atoms with Gasteiger partial charge in [0.15, 0.2) is 5.13 Å². The lowest BCUT2D eigenvalue weighted by Crippen LogP contribution is -2.34. The molecule has 0 spiro atoms. The molecule has 0 bridgehead atoms. The molecular weight excluding hydrogens is 335 g/mol. The Morgan fingerprint density at radius 1 is 1.52 bits per heavy atom. The third-order valence-corrected chi connectivity index (χ3v) is 4.02. The minimum absolute atomic E-state index is 0. The number of rotatable bonds is 3. The molecule has 2 amide bonds. The van der Waals surface area contributed by atoms with Crippen molar-refractivity contribution in [2.45, 2.75) is 26.3 Å². The van der Waals surface area contributed by atoms with E-state index in [9.17, 15) is 9.59 Å². The van der Waals surface area contributed by atoms with Crippen molar-refractivity contribution < 1.29 is 9.59 Å². The van der Waals surface area contributed by atoms with E-state index < -0.39 is 0 Å². The average molecular weight is 355 g/mol. The summed E-state index contributed by atoms with van der Waals surface area (Å²) in [4.78, 5) is 29.2. The number of amides is 2. The summed E-state index contributed by atoms with van der Waals surface area (Å²) in [7, 11) is 0. The van der Waals surface area contributed by atoms with E-state index >= 15 is 0 Å². The molecular formula is C12H20Cl2N4O2S. The molecule has 120 valence electrons. The first kappa shape index (κ1) is 20.1. The number of hydrogen-bond acceptors (Lipinski definition) is 5. The number of carbonyl (C=O) groups is 2. The number of halogens is 2. The Morgan fingerprint density at radius 3 is 2.71 bits per heavy atom. The Hall–Kier alpha value is -0.890. The van der Waals surface area contributed by atoms with Gasteiger partial charge in [-0.1, -0.05) is 0 Å². The van der Waals surface area contributed by atoms with Crippen molar-refractivity contribution in [1.29, 1.82) is 0 Å². The molecule has 1 aromatic heterocycles. The van der Waals surface area contributed by atoms with Crippen molar-refractivity contribution in [3.63, 3.8) is 0 Å². The van der Waals surface area contributed by atoms with Crippen LogP contribution < -0.4 is 11.1 Å². The van der Waals surface area contributed by atoms with Crippen molar-refractivity contribution in [3.05, 3.63) is 11.1 Å². The van der Waals surface area contributed by atoms with Crippen LogP contribution in [0.15, 0.2) is 5.38 Å². The molecule has 6 nitrogen and oxygen atoms in total. The van der Waals surface area contributed by atoms with Crippen LogP contribution in [0.5, 0.6) is 0 Å². The van der Waals surface area contributed by atoms with Gasteiger partial charge in [0.25, 0.3) is 5.91 Å². The molecule has 3 N–H and O–H groups in total. The van der Waals surface area contributed by atoms with Gasteiger partial charge in [-0.15, -0.1) is 36.2 Å². The molecule has 21 heavy (non-hydrogen) atoms. The van der Waals surface area contributed by atoms with E-state index in [2.05, 4.69) is 10.3 Å². The lowest BCUT2D eigenvalue weighted by Gasteiger charge is -2.20. The molecule has 1 saturated heterocycles. The summed E-state index contributed by atoms with van der Waals surface area (Å²) in [6, 6.07) is 0.187. The molecule has 1 aliphatic heterocycles. The minimum Gasteiger partial charge on any atom is -0.334 e. The first-order chi connectivity index (χ1) is 9.01. The predicted octanol–water partition coefficient (Wildman–Crippen LogP) is 1.75. The molecule has 0 radical (unpaired) electrons. The van der Waals surface area contributed by atoms with Crippen molar-refractivity contribution in [2.24, 2.45) is 11.7 Å². The second-order valence-corrected chi connectivity index (χ2v) is 5.72. The van der Waals surface area contributed by atoms with Gasteiger partial charge in [-0.25, -0.2) is 4.98 Å². The predicted molar refractivity (Wildman–Crippen MR) is 88.6 cm³/mol. The fraction of sp³-hybridized carbons (Fsp3) is 0.583. The van der Waals surface area contributed by atoms with Crippen LogP contribution in [-0.4, -0.2) is 40.8 Å². The van der Waals surface area contributed by atoms with Gasteiger partial charge in [0.2, 0.25) is 5.91 Å². The zero-order valence-corrected chi connectivity index (χ0v) is 14.3. The topological polar surface area (TPSA) is 88.3 Å². The highest BCUT2D eigenvalue weighted by Gasteiger charge is 2.33. The second-order valence-electron chi connectivity index (χ2n) is 4.86. The van der Waals surface area contributed by atoms with Crippen LogP contribution in [0.25, 0.3) is 0 Å². The van der Waals surface area contributed by atoms with Crippen LogP contribution in [0.2, 0.25) is 0 Å². The van der Waals surface area contributed by atoms with E-state index in [-0.39, 0.29) is 42.7 Å². The zero-order chi connectivity index (χ0) is 14.0. The molecule has 1 fully saturated rings. The Bertz CT molecular complexity index is 497. The van der Waals surface area contributed by atoms with Crippen LogP contribution in [-0.2, 0) is 4.79 Å². The number of aromatic nitrogens is 1. The molecule has 0 saturated carbocycles. The van der Waals surface area contributed by atoms with E-state index in [4.69, 9.17) is 5.73 Å². The summed E-state index contributed by atoms with van der Waals surface area (Å²) in [6.07, 6.45) is 0.935. The van der Waals surface area contributed by atoms with E-state index in [1.54, 1.807) is 5.38 Å². The van der Waals surface area contributed by atoms with E-state index in [0.29, 0.717) is 29.8 Å². The molecule has 2 heterocycles. The van der Waals surface area contributed by atoms with Gasteiger partial charge in [-0.05, 0) is 25.8 Å². The third-order valence-electron chi connectivity index (χ3n) is 3.26. The fourth-order valence-electron chi connectivity index (χ4n) is 2.32. The summed E-state index contributed by atoms with van der Waals surface area (Å²) in [5, 5.41) is 4.71. The third kappa shape index (κ3) is 4.81. The number of likely N-dealkylation sites (tertiary alicyclic amines) is 1. The summed E-state index contributed by atoms with van der Waals surface area (Å²) in [5.74, 6) is 0.0924. The van der Waals surface area contributed by atoms with Crippen molar-refractivity contribution in [2.75, 3.05) is 18.4 Å². The Labute approximate surface area is 140 Å². The minimum atomic E-state index is -0.189. The lowest BCUT2D eigenvalue weighted by molar-refractivity contribution is -0.114. The monoisotopic (exact) mass is 354 g/mol. The highest BCUT2D eigenvalue weighted by Crippen LogP contribution is 2.25. The highest BCUT2D eigenvalue weighted by molar-refractivity contribution is 7.14. The largest absolute Gasteiger partial charge is 0.334 e. The smallest absolute Gasteiger partial charge is 0.273 e. The number of anilines is 1. The molecule has 1 aromatic rings. The highest BCUT2D eigenvalue weighted by atomic mass is 35.5. The average Bonchev–Trinajstić information content (AvgIpc) is 2.94. The molecule has 0 aromatic carbocycles.